The number of aromatic nitrogens is 3. The smallest absolute Gasteiger partial charge is 0.226 e. The van der Waals surface area contributed by atoms with Gasteiger partial charge in [-0.2, -0.15) is 0 Å². The summed E-state index contributed by atoms with van der Waals surface area (Å²) in [5, 5.41) is 7.45. The number of rotatable bonds is 7. The SMILES string of the molecule is CCCn1c(N(Cc2ccccc2)Cc2ccccc2)n[nH]c1=S. The first-order valence-electron chi connectivity index (χ1n) is 8.26. The molecule has 3 aromatic rings. The number of nitrogens with zero attached hydrogens (tertiary/aromatic N) is 3. The van der Waals surface area contributed by atoms with Gasteiger partial charge in [-0.25, -0.2) is 5.10 Å². The number of benzene rings is 2. The Bertz CT molecular complexity index is 767. The van der Waals surface area contributed by atoms with Crippen molar-refractivity contribution >= 4 is 18.2 Å². The van der Waals surface area contributed by atoms with Crippen molar-refractivity contribution in [1.29, 1.82) is 0 Å². The molecule has 0 aliphatic rings. The van der Waals surface area contributed by atoms with Crippen LogP contribution in [0.3, 0.4) is 0 Å². The van der Waals surface area contributed by atoms with Gasteiger partial charge in [-0.05, 0) is 29.8 Å². The maximum atomic E-state index is 5.41. The van der Waals surface area contributed by atoms with Gasteiger partial charge in [0.05, 0.1) is 0 Å². The van der Waals surface area contributed by atoms with Crippen LogP contribution < -0.4 is 4.90 Å². The molecular weight excluding hydrogens is 316 g/mol. The molecule has 0 radical (unpaired) electrons. The maximum absolute atomic E-state index is 5.41. The molecule has 4 nitrogen and oxygen atoms in total. The zero-order chi connectivity index (χ0) is 16.8. The van der Waals surface area contributed by atoms with E-state index in [0.29, 0.717) is 4.77 Å². The zero-order valence-corrected chi connectivity index (χ0v) is 14.7. The van der Waals surface area contributed by atoms with Crippen LogP contribution in [-0.4, -0.2) is 14.8 Å². The molecule has 0 amide bonds. The summed E-state index contributed by atoms with van der Waals surface area (Å²) in [6.45, 7) is 4.60. The molecule has 0 saturated heterocycles. The minimum absolute atomic E-state index is 0.679. The summed E-state index contributed by atoms with van der Waals surface area (Å²) in [7, 11) is 0. The summed E-state index contributed by atoms with van der Waals surface area (Å²) in [6.07, 6.45) is 1.02. The Balaban J connectivity index is 1.94. The van der Waals surface area contributed by atoms with Gasteiger partial charge in [-0.3, -0.25) is 4.57 Å². The van der Waals surface area contributed by atoms with Gasteiger partial charge in [0, 0.05) is 19.6 Å². The minimum atomic E-state index is 0.679. The van der Waals surface area contributed by atoms with E-state index in [2.05, 4.69) is 75.1 Å². The molecule has 0 saturated carbocycles. The summed E-state index contributed by atoms with van der Waals surface area (Å²) in [6, 6.07) is 20.9. The van der Waals surface area contributed by atoms with Gasteiger partial charge < -0.3 is 4.90 Å². The highest BCUT2D eigenvalue weighted by Gasteiger charge is 2.15. The second-order valence-corrected chi connectivity index (χ2v) is 6.19. The Kier molecular flexibility index (Phi) is 5.43. The first-order chi connectivity index (χ1) is 11.8. The van der Waals surface area contributed by atoms with E-state index in [1.807, 2.05) is 12.1 Å². The molecule has 1 N–H and O–H groups in total. The quantitative estimate of drug-likeness (QED) is 0.642. The van der Waals surface area contributed by atoms with Crippen LogP contribution in [-0.2, 0) is 19.6 Å². The number of nitrogens with one attached hydrogen (secondary N) is 1. The predicted octanol–water partition coefficient (Wildman–Crippen LogP) is 4.56. The maximum Gasteiger partial charge on any atom is 0.226 e. The van der Waals surface area contributed by atoms with E-state index in [4.69, 9.17) is 12.2 Å². The van der Waals surface area contributed by atoms with E-state index in [9.17, 15) is 0 Å². The standard InChI is InChI=1S/C19H22N4S/c1-2-13-23-18(20-21-19(23)24)22(14-16-9-5-3-6-10-16)15-17-11-7-4-8-12-17/h3-12H,2,13-15H2,1H3,(H,21,24). The van der Waals surface area contributed by atoms with Crippen molar-refractivity contribution < 1.29 is 0 Å². The highest BCUT2D eigenvalue weighted by atomic mass is 32.1. The molecule has 0 unspecified atom stereocenters. The number of hydrogen-bond acceptors (Lipinski definition) is 3. The van der Waals surface area contributed by atoms with E-state index in [-0.39, 0.29) is 0 Å². The topological polar surface area (TPSA) is 36.9 Å². The van der Waals surface area contributed by atoms with Crippen molar-refractivity contribution in [3.05, 3.63) is 76.6 Å². The van der Waals surface area contributed by atoms with Crippen molar-refractivity contribution in [2.45, 2.75) is 33.0 Å². The van der Waals surface area contributed by atoms with Crippen molar-refractivity contribution in [2.75, 3.05) is 4.90 Å². The molecule has 3 rings (SSSR count). The van der Waals surface area contributed by atoms with Crippen molar-refractivity contribution in [3.8, 4) is 0 Å². The van der Waals surface area contributed by atoms with Crippen LogP contribution in [0.25, 0.3) is 0 Å². The van der Waals surface area contributed by atoms with Crippen LogP contribution >= 0.6 is 12.2 Å². The lowest BCUT2D eigenvalue weighted by Gasteiger charge is -2.24. The molecular formula is C19H22N4S. The molecule has 124 valence electrons. The summed E-state index contributed by atoms with van der Waals surface area (Å²) in [4.78, 5) is 2.27. The Labute approximate surface area is 147 Å². The van der Waals surface area contributed by atoms with E-state index in [1.54, 1.807) is 0 Å². The molecule has 1 aromatic heterocycles. The molecule has 5 heteroatoms. The highest BCUT2D eigenvalue weighted by Crippen LogP contribution is 2.19. The average molecular weight is 338 g/mol. The van der Waals surface area contributed by atoms with E-state index >= 15 is 0 Å². The van der Waals surface area contributed by atoms with Gasteiger partial charge in [0.2, 0.25) is 5.95 Å². The third-order valence-corrected chi connectivity index (χ3v) is 4.21. The van der Waals surface area contributed by atoms with Crippen molar-refractivity contribution in [2.24, 2.45) is 0 Å². The number of anilines is 1. The number of hydrogen-bond donors (Lipinski definition) is 1. The molecule has 0 spiro atoms. The molecule has 1 heterocycles. The van der Waals surface area contributed by atoms with Gasteiger partial charge in [0.15, 0.2) is 4.77 Å². The van der Waals surface area contributed by atoms with Crippen LogP contribution in [0.5, 0.6) is 0 Å². The second-order valence-electron chi connectivity index (χ2n) is 5.81. The summed E-state index contributed by atoms with van der Waals surface area (Å²) < 4.78 is 2.76. The van der Waals surface area contributed by atoms with Crippen LogP contribution in [0.15, 0.2) is 60.7 Å². The third-order valence-electron chi connectivity index (χ3n) is 3.90. The van der Waals surface area contributed by atoms with Crippen molar-refractivity contribution in [3.63, 3.8) is 0 Å². The van der Waals surface area contributed by atoms with Crippen LogP contribution in [0.2, 0.25) is 0 Å². The van der Waals surface area contributed by atoms with Gasteiger partial charge in [-0.1, -0.05) is 67.6 Å². The molecule has 0 atom stereocenters. The van der Waals surface area contributed by atoms with Gasteiger partial charge >= 0.3 is 0 Å². The summed E-state index contributed by atoms with van der Waals surface area (Å²) in [5.74, 6) is 0.898. The fourth-order valence-corrected chi connectivity index (χ4v) is 3.00. The predicted molar refractivity (Wildman–Crippen MR) is 100 cm³/mol. The van der Waals surface area contributed by atoms with Gasteiger partial charge in [-0.15, -0.1) is 5.10 Å². The zero-order valence-electron chi connectivity index (χ0n) is 13.9. The van der Waals surface area contributed by atoms with E-state index < -0.39 is 0 Å². The van der Waals surface area contributed by atoms with Gasteiger partial charge in [0.1, 0.15) is 0 Å². The van der Waals surface area contributed by atoms with Crippen LogP contribution in [0.1, 0.15) is 24.5 Å². The van der Waals surface area contributed by atoms with E-state index in [0.717, 1.165) is 32.0 Å². The lowest BCUT2D eigenvalue weighted by atomic mass is 10.2. The van der Waals surface area contributed by atoms with Gasteiger partial charge in [0.25, 0.3) is 0 Å². The number of H-pyrrole nitrogens is 1. The number of aromatic amines is 1. The lowest BCUT2D eigenvalue weighted by Crippen LogP contribution is -2.25. The molecule has 0 aliphatic carbocycles. The Morgan fingerprint density at radius 3 is 2.00 bits per heavy atom. The normalized spacial score (nSPS) is 10.7. The lowest BCUT2D eigenvalue weighted by molar-refractivity contribution is 0.637. The largest absolute Gasteiger partial charge is 0.332 e. The van der Waals surface area contributed by atoms with E-state index in [1.165, 1.54) is 11.1 Å². The first kappa shape index (κ1) is 16.5. The Hall–Kier alpha value is -2.40. The second kappa shape index (κ2) is 7.93. The minimum Gasteiger partial charge on any atom is -0.332 e. The first-order valence-corrected chi connectivity index (χ1v) is 8.66. The van der Waals surface area contributed by atoms with Crippen LogP contribution in [0.4, 0.5) is 5.95 Å². The fourth-order valence-electron chi connectivity index (χ4n) is 2.78. The Morgan fingerprint density at radius 2 is 1.50 bits per heavy atom. The summed E-state index contributed by atoms with van der Waals surface area (Å²) >= 11 is 5.41. The molecule has 0 fully saturated rings. The fraction of sp³-hybridized carbons (Fsp3) is 0.263. The van der Waals surface area contributed by atoms with Crippen molar-refractivity contribution in [1.82, 2.24) is 14.8 Å². The molecule has 0 bridgehead atoms. The molecule has 0 aliphatic heterocycles. The molecule has 24 heavy (non-hydrogen) atoms. The Morgan fingerprint density at radius 1 is 0.958 bits per heavy atom. The highest BCUT2D eigenvalue weighted by molar-refractivity contribution is 7.71. The summed E-state index contributed by atoms with van der Waals surface area (Å²) in [5.41, 5.74) is 2.51. The average Bonchev–Trinajstić information content (AvgIpc) is 2.97. The molecule has 2 aromatic carbocycles. The van der Waals surface area contributed by atoms with Crippen LogP contribution in [0, 0.1) is 4.77 Å². The monoisotopic (exact) mass is 338 g/mol. The third kappa shape index (κ3) is 3.92.